The molecular formula is C22H24N4O2. The first-order valence-electron chi connectivity index (χ1n) is 9.64. The molecule has 1 atom stereocenters. The molecule has 28 heavy (non-hydrogen) atoms. The van der Waals surface area contributed by atoms with Crippen molar-refractivity contribution in [1.29, 1.82) is 0 Å². The van der Waals surface area contributed by atoms with E-state index in [2.05, 4.69) is 10.3 Å². The van der Waals surface area contributed by atoms with Gasteiger partial charge in [-0.1, -0.05) is 42.0 Å². The number of aryl methyl sites for hydroxylation is 2. The molecule has 0 aliphatic carbocycles. The Morgan fingerprint density at radius 3 is 2.68 bits per heavy atom. The van der Waals surface area contributed by atoms with Gasteiger partial charge in [-0.05, 0) is 31.5 Å². The lowest BCUT2D eigenvalue weighted by atomic mass is 10.1. The molecule has 2 heterocycles. The molecule has 4 rings (SSSR count). The second kappa shape index (κ2) is 7.46. The van der Waals surface area contributed by atoms with Crippen LogP contribution in [-0.4, -0.2) is 32.8 Å². The van der Waals surface area contributed by atoms with Crippen LogP contribution in [0.1, 0.15) is 24.5 Å². The van der Waals surface area contributed by atoms with Crippen molar-refractivity contribution in [3.63, 3.8) is 0 Å². The van der Waals surface area contributed by atoms with Crippen LogP contribution in [0.5, 0.6) is 0 Å². The standard InChI is InChI=1S/C22H24N4O2/c1-3-26-19-7-5-4-6-18(19)23-22(26)24-21(28)17-12-20(27)25(14-17)13-16-10-8-15(2)9-11-16/h4-11,17H,3,12-14H2,1-2H3,(H,23,24,28). The highest BCUT2D eigenvalue weighted by atomic mass is 16.2. The van der Waals surface area contributed by atoms with Gasteiger partial charge < -0.3 is 9.47 Å². The van der Waals surface area contributed by atoms with Gasteiger partial charge >= 0.3 is 0 Å². The van der Waals surface area contributed by atoms with E-state index >= 15 is 0 Å². The van der Waals surface area contributed by atoms with Crippen LogP contribution < -0.4 is 5.32 Å². The molecule has 0 radical (unpaired) electrons. The van der Waals surface area contributed by atoms with Crippen molar-refractivity contribution >= 4 is 28.8 Å². The molecule has 1 unspecified atom stereocenters. The van der Waals surface area contributed by atoms with Crippen LogP contribution in [0.25, 0.3) is 11.0 Å². The quantitative estimate of drug-likeness (QED) is 0.743. The van der Waals surface area contributed by atoms with Crippen molar-refractivity contribution in [2.75, 3.05) is 11.9 Å². The minimum absolute atomic E-state index is 0.0183. The first-order chi connectivity index (χ1) is 13.5. The van der Waals surface area contributed by atoms with E-state index in [9.17, 15) is 9.59 Å². The van der Waals surface area contributed by atoms with Gasteiger partial charge in [-0.25, -0.2) is 4.98 Å². The van der Waals surface area contributed by atoms with Crippen molar-refractivity contribution in [2.45, 2.75) is 33.4 Å². The summed E-state index contributed by atoms with van der Waals surface area (Å²) >= 11 is 0. The Hall–Kier alpha value is -3.15. The number of nitrogens with zero attached hydrogens (tertiary/aromatic N) is 3. The zero-order valence-corrected chi connectivity index (χ0v) is 16.2. The van der Waals surface area contributed by atoms with Crippen molar-refractivity contribution in [3.8, 4) is 0 Å². The van der Waals surface area contributed by atoms with E-state index in [1.165, 1.54) is 5.56 Å². The summed E-state index contributed by atoms with van der Waals surface area (Å²) in [5, 5.41) is 2.94. The Kier molecular flexibility index (Phi) is 4.86. The summed E-state index contributed by atoms with van der Waals surface area (Å²) in [7, 11) is 0. The molecular weight excluding hydrogens is 352 g/mol. The summed E-state index contributed by atoms with van der Waals surface area (Å²) in [4.78, 5) is 31.5. The summed E-state index contributed by atoms with van der Waals surface area (Å²) in [6.45, 7) is 5.74. The number of imidazole rings is 1. The lowest BCUT2D eigenvalue weighted by molar-refractivity contribution is -0.128. The first-order valence-corrected chi connectivity index (χ1v) is 9.64. The van der Waals surface area contributed by atoms with Gasteiger partial charge in [0.1, 0.15) is 0 Å². The van der Waals surface area contributed by atoms with Gasteiger partial charge in [0.15, 0.2) is 0 Å². The number of likely N-dealkylation sites (tertiary alicyclic amines) is 1. The van der Waals surface area contributed by atoms with Gasteiger partial charge in [-0.3, -0.25) is 14.9 Å². The molecule has 0 saturated carbocycles. The summed E-state index contributed by atoms with van der Waals surface area (Å²) in [6, 6.07) is 15.9. The molecule has 6 nitrogen and oxygen atoms in total. The average molecular weight is 376 g/mol. The number of carbonyl (C=O) groups excluding carboxylic acids is 2. The minimum atomic E-state index is -0.358. The number of amides is 2. The third-order valence-electron chi connectivity index (χ3n) is 5.29. The zero-order chi connectivity index (χ0) is 19.7. The molecule has 1 N–H and O–H groups in total. The largest absolute Gasteiger partial charge is 0.338 e. The molecule has 2 amide bonds. The minimum Gasteiger partial charge on any atom is -0.338 e. The Morgan fingerprint density at radius 1 is 1.18 bits per heavy atom. The number of carbonyl (C=O) groups is 2. The number of hydrogen-bond donors (Lipinski definition) is 1. The monoisotopic (exact) mass is 376 g/mol. The number of benzene rings is 2. The number of anilines is 1. The van der Waals surface area contributed by atoms with E-state index in [-0.39, 0.29) is 24.2 Å². The van der Waals surface area contributed by atoms with Crippen LogP contribution in [0, 0.1) is 12.8 Å². The van der Waals surface area contributed by atoms with Crippen molar-refractivity contribution in [3.05, 3.63) is 59.7 Å². The Bertz CT molecular complexity index is 1020. The smallest absolute Gasteiger partial charge is 0.232 e. The fourth-order valence-corrected chi connectivity index (χ4v) is 3.72. The average Bonchev–Trinajstić information content (AvgIpc) is 3.23. The van der Waals surface area contributed by atoms with Gasteiger partial charge in [0.2, 0.25) is 17.8 Å². The number of fused-ring (bicyclic) bond motifs is 1. The van der Waals surface area contributed by atoms with Gasteiger partial charge in [-0.15, -0.1) is 0 Å². The van der Waals surface area contributed by atoms with Gasteiger partial charge in [-0.2, -0.15) is 0 Å². The molecule has 6 heteroatoms. The molecule has 3 aromatic rings. The van der Waals surface area contributed by atoms with Gasteiger partial charge in [0.25, 0.3) is 0 Å². The Morgan fingerprint density at radius 2 is 1.93 bits per heavy atom. The molecule has 2 aromatic carbocycles. The lowest BCUT2D eigenvalue weighted by Gasteiger charge is -2.17. The fourth-order valence-electron chi connectivity index (χ4n) is 3.72. The number of para-hydroxylation sites is 2. The summed E-state index contributed by atoms with van der Waals surface area (Å²) in [5.41, 5.74) is 4.10. The summed E-state index contributed by atoms with van der Waals surface area (Å²) in [5.74, 6) is 0.0516. The summed E-state index contributed by atoms with van der Waals surface area (Å²) in [6.07, 6.45) is 0.240. The van der Waals surface area contributed by atoms with Crippen LogP contribution in [-0.2, 0) is 22.7 Å². The maximum absolute atomic E-state index is 12.8. The molecule has 144 valence electrons. The zero-order valence-electron chi connectivity index (χ0n) is 16.2. The number of nitrogens with one attached hydrogen (secondary N) is 1. The number of aromatic nitrogens is 2. The first kappa shape index (κ1) is 18.2. The second-order valence-electron chi connectivity index (χ2n) is 7.32. The highest BCUT2D eigenvalue weighted by Crippen LogP contribution is 2.24. The van der Waals surface area contributed by atoms with Crippen LogP contribution in [0.15, 0.2) is 48.5 Å². The third-order valence-corrected chi connectivity index (χ3v) is 5.29. The SMILES string of the molecule is CCn1c(NC(=O)C2CC(=O)N(Cc3ccc(C)cc3)C2)nc2ccccc21. The maximum atomic E-state index is 12.8. The second-order valence-corrected chi connectivity index (χ2v) is 7.32. The molecule has 1 aliphatic rings. The Labute approximate surface area is 164 Å². The summed E-state index contributed by atoms with van der Waals surface area (Å²) < 4.78 is 1.98. The molecule has 1 aliphatic heterocycles. The van der Waals surface area contributed by atoms with Crippen LogP contribution >= 0.6 is 0 Å². The van der Waals surface area contributed by atoms with E-state index in [1.54, 1.807) is 4.90 Å². The van der Waals surface area contributed by atoms with E-state index < -0.39 is 0 Å². The number of rotatable bonds is 5. The highest BCUT2D eigenvalue weighted by molar-refractivity contribution is 5.97. The van der Waals surface area contributed by atoms with Crippen molar-refractivity contribution in [1.82, 2.24) is 14.5 Å². The molecule has 1 aromatic heterocycles. The van der Waals surface area contributed by atoms with Crippen LogP contribution in [0.4, 0.5) is 5.95 Å². The van der Waals surface area contributed by atoms with Crippen molar-refractivity contribution in [2.24, 2.45) is 5.92 Å². The lowest BCUT2D eigenvalue weighted by Crippen LogP contribution is -2.28. The molecule has 1 saturated heterocycles. The van der Waals surface area contributed by atoms with E-state index in [0.29, 0.717) is 25.6 Å². The predicted octanol–water partition coefficient (Wildman–Crippen LogP) is 3.35. The third kappa shape index (κ3) is 3.50. The van der Waals surface area contributed by atoms with Crippen molar-refractivity contribution < 1.29 is 9.59 Å². The van der Waals surface area contributed by atoms with Gasteiger partial charge in [0, 0.05) is 26.1 Å². The number of hydrogen-bond acceptors (Lipinski definition) is 3. The van der Waals surface area contributed by atoms with Crippen LogP contribution in [0.3, 0.4) is 0 Å². The molecule has 1 fully saturated rings. The van der Waals surface area contributed by atoms with E-state index in [0.717, 1.165) is 16.6 Å². The maximum Gasteiger partial charge on any atom is 0.232 e. The normalized spacial score (nSPS) is 16.7. The van der Waals surface area contributed by atoms with Gasteiger partial charge in [0.05, 0.1) is 17.0 Å². The highest BCUT2D eigenvalue weighted by Gasteiger charge is 2.34. The Balaban J connectivity index is 1.46. The molecule has 0 bridgehead atoms. The predicted molar refractivity (Wildman–Crippen MR) is 109 cm³/mol. The van der Waals surface area contributed by atoms with Crippen LogP contribution in [0.2, 0.25) is 0 Å². The molecule has 0 spiro atoms. The van der Waals surface area contributed by atoms with E-state index in [1.807, 2.05) is 66.9 Å². The van der Waals surface area contributed by atoms with E-state index in [4.69, 9.17) is 0 Å². The topological polar surface area (TPSA) is 67.2 Å². The fraction of sp³-hybridized carbons (Fsp3) is 0.318.